The molecule has 4 rings (SSSR count). The summed E-state index contributed by atoms with van der Waals surface area (Å²) in [6, 6.07) is 2.29. The molecular formula is C18H23F2N5O. The van der Waals surface area contributed by atoms with E-state index in [1.54, 1.807) is 6.33 Å². The van der Waals surface area contributed by atoms with Gasteiger partial charge in [-0.05, 0) is 37.2 Å². The first-order chi connectivity index (χ1) is 12.5. The molecule has 2 aromatic heterocycles. The fraction of sp³-hybridized carbons (Fsp3) is 0.611. The Bertz CT molecular complexity index is 810. The maximum absolute atomic E-state index is 12.3. The Labute approximate surface area is 150 Å². The number of carbonyl (C=O) groups is 1. The van der Waals surface area contributed by atoms with E-state index in [0.29, 0.717) is 6.04 Å². The van der Waals surface area contributed by atoms with Crippen LogP contribution in [0.25, 0.3) is 11.0 Å². The van der Waals surface area contributed by atoms with Crippen LogP contribution >= 0.6 is 0 Å². The molecule has 3 atom stereocenters. The summed E-state index contributed by atoms with van der Waals surface area (Å²) < 4.78 is 24.7. The summed E-state index contributed by atoms with van der Waals surface area (Å²) in [5.74, 6) is 0.494. The van der Waals surface area contributed by atoms with Crippen LogP contribution in [0.3, 0.4) is 0 Å². The second-order valence-corrected chi connectivity index (χ2v) is 7.56. The summed E-state index contributed by atoms with van der Waals surface area (Å²) in [5, 5.41) is 3.37. The van der Waals surface area contributed by atoms with Crippen molar-refractivity contribution >= 4 is 22.8 Å². The highest BCUT2D eigenvalue weighted by Gasteiger charge is 2.58. The van der Waals surface area contributed by atoms with Crippen molar-refractivity contribution in [3.8, 4) is 0 Å². The first kappa shape index (κ1) is 17.2. The van der Waals surface area contributed by atoms with E-state index in [-0.39, 0.29) is 17.2 Å². The molecule has 8 heteroatoms. The van der Waals surface area contributed by atoms with Gasteiger partial charge in [0.1, 0.15) is 17.8 Å². The lowest BCUT2D eigenvalue weighted by atomic mass is 9.78. The minimum absolute atomic E-state index is 0.0907. The van der Waals surface area contributed by atoms with Crippen molar-refractivity contribution in [2.24, 2.45) is 11.3 Å². The van der Waals surface area contributed by atoms with E-state index in [1.165, 1.54) is 0 Å². The standard InChI is InChI=1S/C18H23F2N5O/c1-25(16-12-4-6-21-15(12)23-10-24-16)13-8-18(13)5-2-3-11(7-18)17(26)22-9-14(19)20/h4,6,10-11,13-14H,2-3,5,7-9H2,1H3,(H,22,26)(H,21,23,24)/t11-,13?,18?/m0/s1. The first-order valence-electron chi connectivity index (χ1n) is 9.07. The Morgan fingerprint density at radius 1 is 1.46 bits per heavy atom. The largest absolute Gasteiger partial charge is 0.355 e. The number of H-pyrrole nitrogens is 1. The van der Waals surface area contributed by atoms with E-state index in [2.05, 4.69) is 25.2 Å². The highest BCUT2D eigenvalue weighted by molar-refractivity contribution is 5.87. The number of amides is 1. The third-order valence-electron chi connectivity index (χ3n) is 5.96. The molecule has 0 saturated heterocycles. The zero-order valence-electron chi connectivity index (χ0n) is 14.7. The van der Waals surface area contributed by atoms with Crippen molar-refractivity contribution in [1.82, 2.24) is 20.3 Å². The molecule has 2 heterocycles. The average Bonchev–Trinajstić information content (AvgIpc) is 3.09. The zero-order valence-corrected chi connectivity index (χ0v) is 14.7. The number of halogens is 2. The molecule has 140 valence electrons. The molecule has 6 nitrogen and oxygen atoms in total. The van der Waals surface area contributed by atoms with Crippen molar-refractivity contribution in [3.63, 3.8) is 0 Å². The van der Waals surface area contributed by atoms with Gasteiger partial charge in [-0.25, -0.2) is 18.7 Å². The summed E-state index contributed by atoms with van der Waals surface area (Å²) in [5.41, 5.74) is 0.900. The molecular weight excluding hydrogens is 340 g/mol. The van der Waals surface area contributed by atoms with Gasteiger partial charge in [0.05, 0.1) is 11.9 Å². The predicted molar refractivity (Wildman–Crippen MR) is 94.1 cm³/mol. The van der Waals surface area contributed by atoms with E-state index < -0.39 is 13.0 Å². The lowest BCUT2D eigenvalue weighted by molar-refractivity contribution is -0.127. The van der Waals surface area contributed by atoms with Crippen molar-refractivity contribution in [1.29, 1.82) is 0 Å². The summed E-state index contributed by atoms with van der Waals surface area (Å²) >= 11 is 0. The molecule has 2 saturated carbocycles. The third-order valence-corrected chi connectivity index (χ3v) is 5.96. The SMILES string of the molecule is CN(c1ncnc2[nH]ccc12)C1CC12CCC[C@H](C(=O)NCC(F)F)C2. The number of alkyl halides is 2. The van der Waals surface area contributed by atoms with E-state index in [1.807, 2.05) is 19.3 Å². The zero-order chi connectivity index (χ0) is 18.3. The van der Waals surface area contributed by atoms with Crippen LogP contribution in [-0.4, -0.2) is 46.9 Å². The quantitative estimate of drug-likeness (QED) is 0.857. The maximum atomic E-state index is 12.3. The van der Waals surface area contributed by atoms with Crippen molar-refractivity contribution in [2.45, 2.75) is 44.6 Å². The highest BCUT2D eigenvalue weighted by Crippen LogP contribution is 2.60. The molecule has 2 aliphatic rings. The van der Waals surface area contributed by atoms with Crippen LogP contribution in [0, 0.1) is 11.3 Å². The Morgan fingerprint density at radius 3 is 3.12 bits per heavy atom. The van der Waals surface area contributed by atoms with Gasteiger partial charge in [0.25, 0.3) is 6.43 Å². The number of anilines is 1. The molecule has 2 N–H and O–H groups in total. The third kappa shape index (κ3) is 3.01. The number of nitrogens with one attached hydrogen (secondary N) is 2. The normalized spacial score (nSPS) is 27.8. The molecule has 0 bridgehead atoms. The van der Waals surface area contributed by atoms with Crippen LogP contribution in [0.15, 0.2) is 18.6 Å². The summed E-state index contributed by atoms with van der Waals surface area (Å²) in [6.45, 7) is -0.557. The second-order valence-electron chi connectivity index (χ2n) is 7.56. The van der Waals surface area contributed by atoms with Gasteiger partial charge < -0.3 is 15.2 Å². The van der Waals surface area contributed by atoms with Crippen LogP contribution in [0.1, 0.15) is 32.1 Å². The number of fused-ring (bicyclic) bond motifs is 1. The van der Waals surface area contributed by atoms with Crippen molar-refractivity contribution in [3.05, 3.63) is 18.6 Å². The number of carbonyl (C=O) groups excluding carboxylic acids is 1. The van der Waals surface area contributed by atoms with E-state index in [0.717, 1.165) is 49.0 Å². The molecule has 1 spiro atoms. The second kappa shape index (κ2) is 6.48. The van der Waals surface area contributed by atoms with Gasteiger partial charge in [-0.3, -0.25) is 4.79 Å². The number of nitrogens with zero attached hydrogens (tertiary/aromatic N) is 3. The highest BCUT2D eigenvalue weighted by atomic mass is 19.3. The number of hydrogen-bond donors (Lipinski definition) is 2. The number of aromatic amines is 1. The fourth-order valence-electron chi connectivity index (χ4n) is 4.59. The first-order valence-corrected chi connectivity index (χ1v) is 9.07. The van der Waals surface area contributed by atoms with Crippen LogP contribution < -0.4 is 10.2 Å². The summed E-state index contributed by atoms with van der Waals surface area (Å²) in [7, 11) is 2.04. The lowest BCUT2D eigenvalue weighted by Crippen LogP contribution is -2.38. The van der Waals surface area contributed by atoms with Gasteiger partial charge in [-0.1, -0.05) is 6.42 Å². The van der Waals surface area contributed by atoms with E-state index >= 15 is 0 Å². The number of hydrogen-bond acceptors (Lipinski definition) is 4. The summed E-state index contributed by atoms with van der Waals surface area (Å²) in [6.07, 6.45) is 5.49. The molecule has 0 aromatic carbocycles. The topological polar surface area (TPSA) is 73.9 Å². The molecule has 2 unspecified atom stereocenters. The number of rotatable bonds is 5. The average molecular weight is 363 g/mol. The van der Waals surface area contributed by atoms with Crippen LogP contribution in [0.2, 0.25) is 0 Å². The summed E-state index contributed by atoms with van der Waals surface area (Å²) in [4.78, 5) is 26.2. The lowest BCUT2D eigenvalue weighted by Gasteiger charge is -2.31. The van der Waals surface area contributed by atoms with Crippen LogP contribution in [-0.2, 0) is 4.79 Å². The van der Waals surface area contributed by atoms with Gasteiger partial charge in [-0.15, -0.1) is 0 Å². The van der Waals surface area contributed by atoms with Crippen LogP contribution in [0.4, 0.5) is 14.6 Å². The molecule has 0 radical (unpaired) electrons. The van der Waals surface area contributed by atoms with Crippen molar-refractivity contribution < 1.29 is 13.6 Å². The molecule has 2 fully saturated rings. The number of aromatic nitrogens is 3. The molecule has 26 heavy (non-hydrogen) atoms. The maximum Gasteiger partial charge on any atom is 0.255 e. The molecule has 2 aliphatic carbocycles. The Kier molecular flexibility index (Phi) is 4.28. The predicted octanol–water partition coefficient (Wildman–Crippen LogP) is 2.72. The van der Waals surface area contributed by atoms with Gasteiger partial charge >= 0.3 is 0 Å². The Morgan fingerprint density at radius 2 is 2.31 bits per heavy atom. The minimum Gasteiger partial charge on any atom is -0.355 e. The monoisotopic (exact) mass is 363 g/mol. The molecule has 2 aromatic rings. The van der Waals surface area contributed by atoms with Gasteiger partial charge in [0, 0.05) is 25.2 Å². The molecule has 0 aliphatic heterocycles. The molecule has 1 amide bonds. The fourth-order valence-corrected chi connectivity index (χ4v) is 4.59. The van der Waals surface area contributed by atoms with Gasteiger partial charge in [0.15, 0.2) is 0 Å². The van der Waals surface area contributed by atoms with E-state index in [9.17, 15) is 13.6 Å². The van der Waals surface area contributed by atoms with Crippen molar-refractivity contribution in [2.75, 3.05) is 18.5 Å². The van der Waals surface area contributed by atoms with E-state index in [4.69, 9.17) is 0 Å². The Hall–Kier alpha value is -2.25. The van der Waals surface area contributed by atoms with Crippen LogP contribution in [0.5, 0.6) is 0 Å². The van der Waals surface area contributed by atoms with Gasteiger partial charge in [0.2, 0.25) is 5.91 Å². The smallest absolute Gasteiger partial charge is 0.255 e. The minimum atomic E-state index is -2.50. The van der Waals surface area contributed by atoms with Gasteiger partial charge in [-0.2, -0.15) is 0 Å². The Balaban J connectivity index is 1.46.